The van der Waals surface area contributed by atoms with Crippen molar-refractivity contribution in [2.75, 3.05) is 26.3 Å². The molecule has 2 aliphatic rings. The molecule has 1 atom stereocenters. The van der Waals surface area contributed by atoms with Crippen molar-refractivity contribution in [3.8, 4) is 0 Å². The molecule has 26 heavy (non-hydrogen) atoms. The Morgan fingerprint density at radius 3 is 2.54 bits per heavy atom. The van der Waals surface area contributed by atoms with Crippen LogP contribution in [0.3, 0.4) is 0 Å². The minimum Gasteiger partial charge on any atom is -0.612 e. The van der Waals surface area contributed by atoms with E-state index in [2.05, 4.69) is 9.79 Å². The smallest absolute Gasteiger partial charge is 0.318 e. The van der Waals surface area contributed by atoms with Crippen LogP contribution in [0.15, 0.2) is 16.4 Å². The third-order valence-electron chi connectivity index (χ3n) is 4.45. The van der Waals surface area contributed by atoms with Crippen LogP contribution < -0.4 is 4.90 Å². The van der Waals surface area contributed by atoms with Crippen molar-refractivity contribution in [3.63, 3.8) is 0 Å². The maximum absolute atomic E-state index is 12.1. The molecule has 1 aromatic rings. The van der Waals surface area contributed by atoms with Gasteiger partial charge in [0.1, 0.15) is 25.3 Å². The number of aromatic nitrogens is 2. The molecule has 12 nitrogen and oxygen atoms in total. The van der Waals surface area contributed by atoms with Crippen LogP contribution in [-0.4, -0.2) is 57.8 Å². The van der Waals surface area contributed by atoms with Gasteiger partial charge in [0.15, 0.2) is 13.1 Å². The van der Waals surface area contributed by atoms with E-state index in [-0.39, 0.29) is 16.3 Å². The van der Waals surface area contributed by atoms with Gasteiger partial charge in [0.25, 0.3) is 11.4 Å². The van der Waals surface area contributed by atoms with Gasteiger partial charge in [-0.2, -0.15) is 4.90 Å². The first-order valence-corrected chi connectivity index (χ1v) is 7.87. The zero-order chi connectivity index (χ0) is 19.1. The molecule has 1 unspecified atom stereocenters. The highest BCUT2D eigenvalue weighted by atomic mass is 16.8. The van der Waals surface area contributed by atoms with Gasteiger partial charge in [-0.05, 0) is 18.8 Å². The molecule has 1 aromatic heterocycles. The Balaban J connectivity index is 2.17. The van der Waals surface area contributed by atoms with Crippen molar-refractivity contribution in [1.29, 1.82) is 0 Å². The lowest BCUT2D eigenvalue weighted by molar-refractivity contribution is -0.809. The summed E-state index contributed by atoms with van der Waals surface area (Å²) < 4.78 is 11.8. The molecule has 140 valence electrons. The van der Waals surface area contributed by atoms with E-state index in [4.69, 9.17) is 4.74 Å². The van der Waals surface area contributed by atoms with E-state index in [1.54, 1.807) is 20.1 Å². The molecule has 0 spiro atoms. The molecule has 3 rings (SSSR count). The van der Waals surface area contributed by atoms with E-state index in [1.807, 2.05) is 4.58 Å². The molecule has 2 heterocycles. The third kappa shape index (κ3) is 2.98. The van der Waals surface area contributed by atoms with Gasteiger partial charge >= 0.3 is 5.69 Å². The second kappa shape index (κ2) is 6.37. The largest absolute Gasteiger partial charge is 0.612 e. The molecule has 12 heteroatoms. The van der Waals surface area contributed by atoms with Crippen LogP contribution in [0.1, 0.15) is 31.2 Å². The number of nitro groups is 1. The van der Waals surface area contributed by atoms with Crippen molar-refractivity contribution in [2.45, 2.75) is 19.8 Å². The van der Waals surface area contributed by atoms with Crippen LogP contribution in [0.2, 0.25) is 0 Å². The summed E-state index contributed by atoms with van der Waals surface area (Å²) in [4.78, 5) is 10.1. The second-order valence-corrected chi connectivity index (χ2v) is 6.66. The van der Waals surface area contributed by atoms with E-state index in [0.717, 1.165) is 6.08 Å². The Morgan fingerprint density at radius 2 is 1.96 bits per heavy atom. The van der Waals surface area contributed by atoms with Gasteiger partial charge in [-0.25, -0.2) is 4.58 Å². The summed E-state index contributed by atoms with van der Waals surface area (Å²) in [6.07, 6.45) is 2.65. The Morgan fingerprint density at radius 1 is 1.31 bits per heavy atom. The molecule has 1 saturated heterocycles. The highest BCUT2D eigenvalue weighted by Crippen LogP contribution is 2.42. The van der Waals surface area contributed by atoms with Crippen molar-refractivity contribution in [3.05, 3.63) is 48.9 Å². The number of allylic oxidation sites excluding steroid dienone is 2. The van der Waals surface area contributed by atoms with Gasteiger partial charge in [0, 0.05) is 0 Å². The van der Waals surface area contributed by atoms with E-state index in [9.17, 15) is 25.7 Å². The van der Waals surface area contributed by atoms with E-state index < -0.39 is 32.6 Å². The number of fused-ring (bicyclic) bond motifs is 1. The minimum atomic E-state index is -1.07. The van der Waals surface area contributed by atoms with E-state index >= 15 is 0 Å². The SMILES string of the molecule is CC(C)(C=[N+]1CCOCC1)C1C([N+](=O)[O-])=CC(=[N+]([O-])[O-])c2no[n+]([O-])c21. The molecule has 0 saturated carbocycles. The molecule has 1 aliphatic carbocycles. The summed E-state index contributed by atoms with van der Waals surface area (Å²) in [5.74, 6) is -1.07. The lowest BCUT2D eigenvalue weighted by Crippen LogP contribution is -2.43. The quantitative estimate of drug-likeness (QED) is 0.299. The first-order chi connectivity index (χ1) is 12.2. The Kier molecular flexibility index (Phi) is 4.36. The standard InChI is InChI=1S/C14H17N5O7/c1-14(2,8-16-3-5-25-6-4-16)11-9(17(20)21)7-10(18(22)23)12-13(11)19(24)26-15-12/h7-8,11H,3-6H2,1-2H3. The fourth-order valence-electron chi connectivity index (χ4n) is 3.39. The average Bonchev–Trinajstić information content (AvgIpc) is 2.95. The maximum atomic E-state index is 12.1. The molecule has 0 amide bonds. The van der Waals surface area contributed by atoms with E-state index in [0.29, 0.717) is 26.3 Å². The molecule has 0 N–H and O–H groups in total. The number of hydrogen-bond acceptors (Lipinski definition) is 8. The second-order valence-electron chi connectivity index (χ2n) is 6.66. The molecule has 0 radical (unpaired) electrons. The fraction of sp³-hybridized carbons (Fsp3) is 0.571. The topological polar surface area (TPSA) is 157 Å². The fourth-order valence-corrected chi connectivity index (χ4v) is 3.39. The van der Waals surface area contributed by atoms with Crippen LogP contribution in [0.4, 0.5) is 0 Å². The lowest BCUT2D eigenvalue weighted by Gasteiger charge is -2.27. The van der Waals surface area contributed by atoms with Gasteiger partial charge in [-0.1, -0.05) is 0 Å². The van der Waals surface area contributed by atoms with E-state index in [1.165, 1.54) is 0 Å². The predicted molar refractivity (Wildman–Crippen MR) is 85.0 cm³/mol. The highest BCUT2D eigenvalue weighted by Gasteiger charge is 2.53. The average molecular weight is 367 g/mol. The molecule has 0 bridgehead atoms. The number of ether oxygens (including phenoxy) is 1. The number of morpholine rings is 1. The van der Waals surface area contributed by atoms with Crippen molar-refractivity contribution < 1.29 is 28.7 Å². The lowest BCUT2D eigenvalue weighted by atomic mass is 9.72. The van der Waals surface area contributed by atoms with Crippen LogP contribution in [0.25, 0.3) is 0 Å². The van der Waals surface area contributed by atoms with Gasteiger partial charge in [0.2, 0.25) is 5.69 Å². The number of nitrogens with zero attached hydrogens (tertiary/aromatic N) is 5. The predicted octanol–water partition coefficient (Wildman–Crippen LogP) is -0.497. The summed E-state index contributed by atoms with van der Waals surface area (Å²) in [5.41, 5.74) is -2.52. The first kappa shape index (κ1) is 17.8. The summed E-state index contributed by atoms with van der Waals surface area (Å²) in [6.45, 7) is 5.70. The normalized spacial score (nSPS) is 20.4. The highest BCUT2D eigenvalue weighted by molar-refractivity contribution is 6.06. The Bertz CT molecular complexity index is 827. The Hall–Kier alpha value is -3.02. The number of rotatable bonds is 3. The molecule has 0 aromatic carbocycles. The van der Waals surface area contributed by atoms with Crippen LogP contribution in [-0.2, 0) is 4.74 Å². The summed E-state index contributed by atoms with van der Waals surface area (Å²) in [6, 6.07) is 0. The monoisotopic (exact) mass is 367 g/mol. The summed E-state index contributed by atoms with van der Waals surface area (Å²) >= 11 is 0. The van der Waals surface area contributed by atoms with Crippen molar-refractivity contribution >= 4 is 11.9 Å². The molecular weight excluding hydrogens is 350 g/mol. The summed E-state index contributed by atoms with van der Waals surface area (Å²) in [5, 5.41) is 49.6. The van der Waals surface area contributed by atoms with Gasteiger partial charge in [-0.15, -0.1) is 0 Å². The molecular formula is C14H17N5O7. The zero-order valence-electron chi connectivity index (χ0n) is 14.2. The minimum absolute atomic E-state index is 0.00883. The van der Waals surface area contributed by atoms with Crippen molar-refractivity contribution in [2.24, 2.45) is 5.41 Å². The number of hydrogen-bond donors (Lipinski definition) is 0. The van der Waals surface area contributed by atoms with Gasteiger partial charge < -0.3 is 20.4 Å². The molecule has 1 fully saturated rings. The van der Waals surface area contributed by atoms with Gasteiger partial charge in [-0.3, -0.25) is 14.7 Å². The Labute approximate surface area is 147 Å². The van der Waals surface area contributed by atoms with Crippen LogP contribution >= 0.6 is 0 Å². The van der Waals surface area contributed by atoms with Crippen LogP contribution in [0.5, 0.6) is 0 Å². The summed E-state index contributed by atoms with van der Waals surface area (Å²) in [7, 11) is 0. The van der Waals surface area contributed by atoms with Crippen LogP contribution in [0, 0.1) is 31.2 Å². The maximum Gasteiger partial charge on any atom is 0.318 e. The third-order valence-corrected chi connectivity index (χ3v) is 4.45. The zero-order valence-corrected chi connectivity index (χ0v) is 14.2. The first-order valence-electron chi connectivity index (χ1n) is 7.87. The van der Waals surface area contributed by atoms with Crippen molar-refractivity contribution in [1.82, 2.24) is 5.16 Å². The molecule has 1 aliphatic heterocycles. The van der Waals surface area contributed by atoms with Gasteiger partial charge in [0.05, 0.1) is 21.6 Å².